The van der Waals surface area contributed by atoms with E-state index in [2.05, 4.69) is 15.3 Å². The Kier molecular flexibility index (Phi) is 5.01. The third-order valence-electron chi connectivity index (χ3n) is 4.43. The second-order valence-electron chi connectivity index (χ2n) is 6.33. The number of carbonyl (C=O) groups excluding carboxylic acids is 1. The Labute approximate surface area is 169 Å². The summed E-state index contributed by atoms with van der Waals surface area (Å²) in [6, 6.07) is 14.2. The van der Waals surface area contributed by atoms with Crippen LogP contribution < -0.4 is 10.9 Å². The molecule has 0 spiro atoms. The first-order valence-electron chi connectivity index (χ1n) is 8.76. The van der Waals surface area contributed by atoms with Gasteiger partial charge in [-0.2, -0.15) is 0 Å². The molecule has 0 aliphatic carbocycles. The first kappa shape index (κ1) is 18.7. The van der Waals surface area contributed by atoms with Crippen molar-refractivity contribution in [2.45, 2.75) is 6.54 Å². The molecule has 0 radical (unpaired) electrons. The molecule has 2 heterocycles. The quantitative estimate of drug-likeness (QED) is 0.509. The highest BCUT2D eigenvalue weighted by atomic mass is 32.1. The molecule has 144 valence electrons. The lowest BCUT2D eigenvalue weighted by molar-refractivity contribution is 0.0951. The van der Waals surface area contributed by atoms with Crippen molar-refractivity contribution in [1.29, 1.82) is 0 Å². The van der Waals surface area contributed by atoms with Crippen LogP contribution in [0.15, 0.2) is 71.8 Å². The highest BCUT2D eigenvalue weighted by Crippen LogP contribution is 2.15. The molecule has 0 unspecified atom stereocenters. The summed E-state index contributed by atoms with van der Waals surface area (Å²) >= 11 is 5.27. The van der Waals surface area contributed by atoms with Crippen molar-refractivity contribution in [3.8, 4) is 5.69 Å². The van der Waals surface area contributed by atoms with E-state index < -0.39 is 11.4 Å². The van der Waals surface area contributed by atoms with Gasteiger partial charge in [-0.1, -0.05) is 18.2 Å². The molecular formula is C21H15FN4O2S. The van der Waals surface area contributed by atoms with Crippen LogP contribution in [0.5, 0.6) is 0 Å². The van der Waals surface area contributed by atoms with Crippen LogP contribution in [-0.4, -0.2) is 20.4 Å². The van der Waals surface area contributed by atoms with Crippen molar-refractivity contribution < 1.29 is 9.18 Å². The largest absolute Gasteiger partial charge is 0.348 e. The Morgan fingerprint density at radius 2 is 2.00 bits per heavy atom. The number of pyridine rings is 1. The summed E-state index contributed by atoms with van der Waals surface area (Å²) in [4.78, 5) is 32.3. The molecule has 0 fully saturated rings. The zero-order valence-electron chi connectivity index (χ0n) is 15.1. The van der Waals surface area contributed by atoms with Crippen molar-refractivity contribution >= 4 is 29.0 Å². The molecule has 4 rings (SSSR count). The molecule has 1 amide bonds. The number of amides is 1. The molecule has 2 aromatic carbocycles. The number of carbonyl (C=O) groups is 1. The maximum absolute atomic E-state index is 14.2. The predicted octanol–water partition coefficient (Wildman–Crippen LogP) is 3.51. The van der Waals surface area contributed by atoms with E-state index in [1.54, 1.807) is 36.7 Å². The van der Waals surface area contributed by atoms with Crippen LogP contribution in [0.3, 0.4) is 0 Å². The summed E-state index contributed by atoms with van der Waals surface area (Å²) in [5.41, 5.74) is 1.25. The number of nitrogens with one attached hydrogen (secondary N) is 2. The van der Waals surface area contributed by atoms with Crippen LogP contribution >= 0.6 is 12.2 Å². The minimum Gasteiger partial charge on any atom is -0.348 e. The van der Waals surface area contributed by atoms with Crippen LogP contribution in [-0.2, 0) is 6.54 Å². The maximum Gasteiger partial charge on any atom is 0.266 e. The van der Waals surface area contributed by atoms with E-state index in [9.17, 15) is 14.0 Å². The first-order chi connectivity index (χ1) is 14.0. The predicted molar refractivity (Wildman–Crippen MR) is 110 cm³/mol. The normalized spacial score (nSPS) is 10.8. The maximum atomic E-state index is 14.2. The molecule has 4 aromatic rings. The molecule has 0 aliphatic rings. The molecule has 0 bridgehead atoms. The van der Waals surface area contributed by atoms with Gasteiger partial charge in [-0.05, 0) is 54.2 Å². The highest BCUT2D eigenvalue weighted by molar-refractivity contribution is 7.71. The van der Waals surface area contributed by atoms with Crippen molar-refractivity contribution in [1.82, 2.24) is 19.9 Å². The van der Waals surface area contributed by atoms with Gasteiger partial charge < -0.3 is 10.3 Å². The number of halogens is 1. The van der Waals surface area contributed by atoms with Crippen LogP contribution in [0.4, 0.5) is 4.39 Å². The fourth-order valence-corrected chi connectivity index (χ4v) is 3.29. The molecule has 0 atom stereocenters. The number of nitrogens with zero attached hydrogens (tertiary/aromatic N) is 2. The SMILES string of the molecule is O=C(NCc1cccnc1)c1ccc2c(=O)n(-c3ccccc3F)c(=S)[nH]c2c1. The fraction of sp³-hybridized carbons (Fsp3) is 0.0476. The minimum absolute atomic E-state index is 0.0421. The number of benzene rings is 2. The standard InChI is InChI=1S/C21H15FN4O2S/c22-16-5-1-2-6-18(16)26-20(28)15-8-7-14(10-17(15)25-21(26)29)19(27)24-12-13-4-3-9-23-11-13/h1-11H,12H2,(H,24,27)(H,25,29). The average molecular weight is 406 g/mol. The van der Waals surface area contributed by atoms with Gasteiger partial charge in [0.2, 0.25) is 0 Å². The number of para-hydroxylation sites is 1. The van der Waals surface area contributed by atoms with Gasteiger partial charge in [0.25, 0.3) is 11.5 Å². The fourth-order valence-electron chi connectivity index (χ4n) is 3.00. The van der Waals surface area contributed by atoms with Crippen molar-refractivity contribution in [2.75, 3.05) is 0 Å². The Bertz CT molecular complexity index is 1330. The van der Waals surface area contributed by atoms with Gasteiger partial charge in [-0.15, -0.1) is 0 Å². The number of aromatic amines is 1. The van der Waals surface area contributed by atoms with Crippen molar-refractivity contribution in [2.24, 2.45) is 0 Å². The van der Waals surface area contributed by atoms with E-state index in [0.717, 1.165) is 10.1 Å². The number of hydrogen-bond donors (Lipinski definition) is 2. The molecule has 2 aromatic heterocycles. The Morgan fingerprint density at radius 1 is 1.17 bits per heavy atom. The van der Waals surface area contributed by atoms with E-state index in [1.807, 2.05) is 6.07 Å². The summed E-state index contributed by atoms with van der Waals surface area (Å²) in [5, 5.41) is 3.10. The minimum atomic E-state index is -0.556. The summed E-state index contributed by atoms with van der Waals surface area (Å²) in [5.74, 6) is -0.854. The number of aromatic nitrogens is 3. The lowest BCUT2D eigenvalue weighted by Crippen LogP contribution is -2.24. The monoisotopic (exact) mass is 406 g/mol. The van der Waals surface area contributed by atoms with Gasteiger partial charge in [-0.3, -0.25) is 14.6 Å². The number of rotatable bonds is 4. The first-order valence-corrected chi connectivity index (χ1v) is 9.16. The molecule has 0 aliphatic heterocycles. The van der Waals surface area contributed by atoms with Gasteiger partial charge in [0.05, 0.1) is 16.6 Å². The molecule has 6 nitrogen and oxygen atoms in total. The number of hydrogen-bond acceptors (Lipinski definition) is 4. The third kappa shape index (κ3) is 3.70. The smallest absolute Gasteiger partial charge is 0.266 e. The Hall–Kier alpha value is -3.65. The zero-order valence-corrected chi connectivity index (χ0v) is 15.9. The number of fused-ring (bicyclic) bond motifs is 1. The molecule has 29 heavy (non-hydrogen) atoms. The Balaban J connectivity index is 1.70. The second-order valence-corrected chi connectivity index (χ2v) is 6.71. The zero-order chi connectivity index (χ0) is 20.4. The van der Waals surface area contributed by atoms with Gasteiger partial charge in [-0.25, -0.2) is 8.96 Å². The Morgan fingerprint density at radius 3 is 2.76 bits per heavy atom. The van der Waals surface area contributed by atoms with Crippen molar-refractivity contribution in [3.05, 3.63) is 99.1 Å². The molecule has 0 saturated carbocycles. The highest BCUT2D eigenvalue weighted by Gasteiger charge is 2.13. The third-order valence-corrected chi connectivity index (χ3v) is 4.71. The molecular weight excluding hydrogens is 391 g/mol. The average Bonchev–Trinajstić information content (AvgIpc) is 2.73. The number of H-pyrrole nitrogens is 1. The van der Waals surface area contributed by atoms with Crippen LogP contribution in [0.25, 0.3) is 16.6 Å². The van der Waals surface area contributed by atoms with Crippen LogP contribution in [0.1, 0.15) is 15.9 Å². The summed E-state index contributed by atoms with van der Waals surface area (Å²) < 4.78 is 15.3. The molecule has 2 N–H and O–H groups in total. The van der Waals surface area contributed by atoms with Crippen LogP contribution in [0.2, 0.25) is 0 Å². The second kappa shape index (κ2) is 7.76. The van der Waals surface area contributed by atoms with Gasteiger partial charge in [0.1, 0.15) is 5.82 Å². The summed E-state index contributed by atoms with van der Waals surface area (Å²) in [6.45, 7) is 0.329. The summed E-state index contributed by atoms with van der Waals surface area (Å²) in [6.07, 6.45) is 3.33. The van der Waals surface area contributed by atoms with E-state index in [4.69, 9.17) is 12.2 Å². The topological polar surface area (TPSA) is 79.8 Å². The van der Waals surface area contributed by atoms with Crippen molar-refractivity contribution in [3.63, 3.8) is 0 Å². The lowest BCUT2D eigenvalue weighted by Gasteiger charge is -2.10. The van der Waals surface area contributed by atoms with Gasteiger partial charge in [0.15, 0.2) is 4.77 Å². The van der Waals surface area contributed by atoms with E-state index in [1.165, 1.54) is 24.3 Å². The van der Waals surface area contributed by atoms with E-state index in [-0.39, 0.29) is 16.4 Å². The van der Waals surface area contributed by atoms with E-state index in [0.29, 0.717) is 23.0 Å². The van der Waals surface area contributed by atoms with Crippen LogP contribution in [0, 0.1) is 10.6 Å². The lowest BCUT2D eigenvalue weighted by atomic mass is 10.1. The van der Waals surface area contributed by atoms with Gasteiger partial charge >= 0.3 is 0 Å². The molecule has 0 saturated heterocycles. The summed E-state index contributed by atoms with van der Waals surface area (Å²) in [7, 11) is 0. The molecule has 8 heteroatoms. The van der Waals surface area contributed by atoms with Gasteiger partial charge in [0, 0.05) is 24.5 Å². The van der Waals surface area contributed by atoms with E-state index >= 15 is 0 Å².